The number of amides is 1. The van der Waals surface area contributed by atoms with Gasteiger partial charge in [-0.05, 0) is 65.6 Å². The molecular weight excluding hydrogens is 500 g/mol. The maximum absolute atomic E-state index is 13.1. The van der Waals surface area contributed by atoms with Crippen LogP contribution in [0.5, 0.6) is 5.75 Å². The second kappa shape index (κ2) is 16.3. The van der Waals surface area contributed by atoms with Crippen molar-refractivity contribution in [1.29, 1.82) is 0 Å². The fourth-order valence-corrected chi connectivity index (χ4v) is 4.05. The van der Waals surface area contributed by atoms with E-state index in [2.05, 4.69) is 46.5 Å². The summed E-state index contributed by atoms with van der Waals surface area (Å²) in [6.07, 6.45) is 12.0. The number of carboxylic acid groups (broad SMARTS) is 1. The number of carboxylic acids is 1. The first kappa shape index (κ1) is 32.4. The molecule has 0 fully saturated rings. The quantitative estimate of drug-likeness (QED) is 0.218. The minimum Gasteiger partial charge on any atom is -0.490 e. The first-order chi connectivity index (χ1) is 19.0. The standard InChI is InChI=1S/C34H46N2O4/c1-7-9-10-11-12-21-40-30-17-13-27(14-18-30)24-36(25-32(37)35-20-19-34(4,5)6)31-23-29(33(38)39)16-15-28(31)22-26(3)8-2/h7,9-18,23,26H,1,8,19-22,24-25H2,2-6H3,(H,35,37)(H,38,39)/b10-9-,12-11+. The van der Waals surface area contributed by atoms with Crippen LogP contribution in [0.4, 0.5) is 5.69 Å². The fraction of sp³-hybridized carbons (Fsp3) is 0.412. The van der Waals surface area contributed by atoms with Gasteiger partial charge in [0.15, 0.2) is 0 Å². The van der Waals surface area contributed by atoms with Crippen molar-refractivity contribution in [2.75, 3.05) is 24.6 Å². The molecule has 0 saturated heterocycles. The van der Waals surface area contributed by atoms with Crippen LogP contribution in [0.15, 0.2) is 79.4 Å². The van der Waals surface area contributed by atoms with Crippen LogP contribution in [0.2, 0.25) is 0 Å². The molecule has 2 N–H and O–H groups in total. The molecule has 0 spiro atoms. The summed E-state index contributed by atoms with van der Waals surface area (Å²) in [5.41, 5.74) is 3.15. The van der Waals surface area contributed by atoms with E-state index in [-0.39, 0.29) is 23.4 Å². The second-order valence-electron chi connectivity index (χ2n) is 11.4. The zero-order valence-electron chi connectivity index (χ0n) is 24.8. The van der Waals surface area contributed by atoms with Crippen molar-refractivity contribution in [3.63, 3.8) is 0 Å². The van der Waals surface area contributed by atoms with Crippen LogP contribution in [0.1, 0.15) is 68.9 Å². The van der Waals surface area contributed by atoms with Crippen LogP contribution in [0, 0.1) is 11.3 Å². The molecule has 1 atom stereocenters. The smallest absolute Gasteiger partial charge is 0.335 e. The monoisotopic (exact) mass is 546 g/mol. The number of hydrogen-bond donors (Lipinski definition) is 2. The minimum absolute atomic E-state index is 0.0864. The molecule has 0 bridgehead atoms. The number of carbonyl (C=O) groups is 2. The average Bonchev–Trinajstić information content (AvgIpc) is 2.90. The minimum atomic E-state index is -0.985. The van der Waals surface area contributed by atoms with Crippen molar-refractivity contribution in [2.24, 2.45) is 11.3 Å². The third kappa shape index (κ3) is 11.9. The number of aromatic carboxylic acids is 1. The van der Waals surface area contributed by atoms with Gasteiger partial charge in [0.1, 0.15) is 12.4 Å². The Kier molecular flexibility index (Phi) is 13.2. The van der Waals surface area contributed by atoms with E-state index in [9.17, 15) is 14.7 Å². The van der Waals surface area contributed by atoms with Crippen molar-refractivity contribution in [3.05, 3.63) is 96.1 Å². The van der Waals surface area contributed by atoms with Crippen molar-refractivity contribution in [3.8, 4) is 5.75 Å². The first-order valence-electron chi connectivity index (χ1n) is 14.1. The summed E-state index contributed by atoms with van der Waals surface area (Å²) >= 11 is 0. The molecule has 0 radical (unpaired) electrons. The largest absolute Gasteiger partial charge is 0.490 e. The summed E-state index contributed by atoms with van der Waals surface area (Å²) in [7, 11) is 0. The normalized spacial score (nSPS) is 12.4. The molecule has 1 unspecified atom stereocenters. The maximum Gasteiger partial charge on any atom is 0.335 e. The maximum atomic E-state index is 13.1. The molecule has 0 aromatic heterocycles. The lowest BCUT2D eigenvalue weighted by atomic mass is 9.92. The van der Waals surface area contributed by atoms with E-state index in [1.54, 1.807) is 18.2 Å². The zero-order valence-corrected chi connectivity index (χ0v) is 24.8. The van der Waals surface area contributed by atoms with E-state index in [1.807, 2.05) is 59.5 Å². The van der Waals surface area contributed by atoms with E-state index in [0.29, 0.717) is 25.6 Å². The summed E-state index contributed by atoms with van der Waals surface area (Å²) < 4.78 is 5.79. The Morgan fingerprint density at radius 3 is 2.45 bits per heavy atom. The number of benzene rings is 2. The van der Waals surface area contributed by atoms with E-state index in [1.165, 1.54) is 0 Å². The molecule has 0 aliphatic rings. The Labute approximate surface area is 240 Å². The molecule has 6 heteroatoms. The second-order valence-corrected chi connectivity index (χ2v) is 11.4. The van der Waals surface area contributed by atoms with Crippen LogP contribution < -0.4 is 15.0 Å². The van der Waals surface area contributed by atoms with Crippen molar-refractivity contribution < 1.29 is 19.4 Å². The van der Waals surface area contributed by atoms with Gasteiger partial charge in [-0.15, -0.1) is 0 Å². The van der Waals surface area contributed by atoms with Crippen LogP contribution in [0.3, 0.4) is 0 Å². The molecule has 2 aromatic rings. The lowest BCUT2D eigenvalue weighted by Crippen LogP contribution is -2.38. The van der Waals surface area contributed by atoms with Crippen molar-refractivity contribution in [2.45, 2.75) is 60.4 Å². The van der Waals surface area contributed by atoms with Gasteiger partial charge in [0.25, 0.3) is 0 Å². The highest BCUT2D eigenvalue weighted by atomic mass is 16.5. The van der Waals surface area contributed by atoms with Gasteiger partial charge in [0, 0.05) is 18.8 Å². The lowest BCUT2D eigenvalue weighted by Gasteiger charge is -2.28. The van der Waals surface area contributed by atoms with Crippen LogP contribution in [-0.2, 0) is 17.8 Å². The van der Waals surface area contributed by atoms with Gasteiger partial charge in [-0.1, -0.05) is 90.1 Å². The Morgan fingerprint density at radius 1 is 1.10 bits per heavy atom. The number of nitrogens with one attached hydrogen (secondary N) is 1. The Balaban J connectivity index is 2.30. The summed E-state index contributed by atoms with van der Waals surface area (Å²) in [5.74, 6) is 0.103. The molecule has 1 amide bonds. The Hall–Kier alpha value is -3.80. The number of carbonyl (C=O) groups excluding carboxylic acids is 1. The SMILES string of the molecule is C=C/C=C\C=C\COc1ccc(CN(CC(=O)NCCC(C)(C)C)c2cc(C(=O)O)ccc2CC(C)CC)cc1. The average molecular weight is 547 g/mol. The van der Waals surface area contributed by atoms with Gasteiger partial charge in [-0.3, -0.25) is 4.79 Å². The predicted molar refractivity (Wildman–Crippen MR) is 165 cm³/mol. The summed E-state index contributed by atoms with van der Waals surface area (Å²) in [6, 6.07) is 13.0. The molecule has 2 aromatic carbocycles. The number of allylic oxidation sites excluding steroid dienone is 4. The molecule has 0 saturated carbocycles. The van der Waals surface area contributed by atoms with Gasteiger partial charge in [-0.25, -0.2) is 4.79 Å². The molecule has 0 aliphatic heterocycles. The fourth-order valence-electron chi connectivity index (χ4n) is 4.05. The molecule has 0 heterocycles. The van der Waals surface area contributed by atoms with Gasteiger partial charge in [-0.2, -0.15) is 0 Å². The number of nitrogens with zero attached hydrogens (tertiary/aromatic N) is 1. The molecule has 40 heavy (non-hydrogen) atoms. The summed E-state index contributed by atoms with van der Waals surface area (Å²) in [4.78, 5) is 26.9. The number of hydrogen-bond acceptors (Lipinski definition) is 4. The van der Waals surface area contributed by atoms with Crippen molar-refractivity contribution >= 4 is 17.6 Å². The number of rotatable bonds is 16. The highest BCUT2D eigenvalue weighted by Gasteiger charge is 2.20. The summed E-state index contributed by atoms with van der Waals surface area (Å²) in [5, 5.41) is 12.8. The van der Waals surface area contributed by atoms with E-state index in [0.717, 1.165) is 41.8 Å². The third-order valence-corrected chi connectivity index (χ3v) is 6.61. The zero-order chi connectivity index (χ0) is 29.5. The number of ether oxygens (including phenoxy) is 1. The molecule has 216 valence electrons. The molecular formula is C34H46N2O4. The summed E-state index contributed by atoms with van der Waals surface area (Å²) in [6.45, 7) is 16.0. The lowest BCUT2D eigenvalue weighted by molar-refractivity contribution is -0.119. The van der Waals surface area contributed by atoms with Crippen LogP contribution in [0.25, 0.3) is 0 Å². The van der Waals surface area contributed by atoms with Crippen molar-refractivity contribution in [1.82, 2.24) is 5.32 Å². The Bertz CT molecular complexity index is 1160. The third-order valence-electron chi connectivity index (χ3n) is 6.61. The van der Waals surface area contributed by atoms with Gasteiger partial charge in [0.2, 0.25) is 5.91 Å². The van der Waals surface area contributed by atoms with Crippen LogP contribution in [-0.4, -0.2) is 36.7 Å². The Morgan fingerprint density at radius 2 is 1.82 bits per heavy atom. The van der Waals surface area contributed by atoms with E-state index >= 15 is 0 Å². The number of anilines is 1. The highest BCUT2D eigenvalue weighted by Crippen LogP contribution is 2.28. The molecule has 0 aliphatic carbocycles. The predicted octanol–water partition coefficient (Wildman–Crippen LogP) is 7.21. The first-order valence-corrected chi connectivity index (χ1v) is 14.1. The van der Waals surface area contributed by atoms with E-state index < -0.39 is 5.97 Å². The topological polar surface area (TPSA) is 78.9 Å². The van der Waals surface area contributed by atoms with Gasteiger partial charge >= 0.3 is 5.97 Å². The molecule has 2 rings (SSSR count). The van der Waals surface area contributed by atoms with Gasteiger partial charge in [0.05, 0.1) is 12.1 Å². The van der Waals surface area contributed by atoms with Gasteiger partial charge < -0.3 is 20.1 Å². The highest BCUT2D eigenvalue weighted by molar-refractivity contribution is 5.90. The van der Waals surface area contributed by atoms with E-state index in [4.69, 9.17) is 4.74 Å². The van der Waals surface area contributed by atoms with Crippen LogP contribution >= 0.6 is 0 Å². The molecule has 6 nitrogen and oxygen atoms in total.